The quantitative estimate of drug-likeness (QED) is 0.574. The molecule has 1 aliphatic rings. The second-order valence-electron chi connectivity index (χ2n) is 5.59. The number of rotatable bonds is 4. The number of anilines is 1. The van der Waals surface area contributed by atoms with Crippen molar-refractivity contribution in [2.45, 2.75) is 16.8 Å². The van der Waals surface area contributed by atoms with Crippen molar-refractivity contribution in [2.24, 2.45) is 0 Å². The number of para-hydroxylation sites is 2. The zero-order valence-corrected chi connectivity index (χ0v) is 14.0. The fourth-order valence-electron chi connectivity index (χ4n) is 2.64. The molecule has 1 atom stereocenters. The van der Waals surface area contributed by atoms with E-state index in [1.54, 1.807) is 18.2 Å². The molecular formula is C18H15N3O3S. The number of fused-ring (bicyclic) bond motifs is 1. The third-order valence-corrected chi connectivity index (χ3v) is 5.09. The van der Waals surface area contributed by atoms with Gasteiger partial charge in [-0.05, 0) is 24.3 Å². The average Bonchev–Trinajstić information content (AvgIpc) is 3.04. The molecular weight excluding hydrogens is 338 g/mol. The van der Waals surface area contributed by atoms with Gasteiger partial charge >= 0.3 is 5.97 Å². The molecule has 6 nitrogen and oxygen atoms in total. The number of benzene rings is 2. The highest BCUT2D eigenvalue weighted by atomic mass is 32.2. The first-order chi connectivity index (χ1) is 12.2. The lowest BCUT2D eigenvalue weighted by Gasteiger charge is -2.16. The van der Waals surface area contributed by atoms with Gasteiger partial charge in [-0.15, -0.1) is 0 Å². The summed E-state index contributed by atoms with van der Waals surface area (Å²) in [5.74, 6) is -0.265. The number of nitrogens with one attached hydrogen (secondary N) is 1. The molecule has 0 bridgehead atoms. The molecule has 0 spiro atoms. The van der Waals surface area contributed by atoms with E-state index in [2.05, 4.69) is 10.4 Å². The molecule has 1 unspecified atom stereocenters. The number of carbonyl (C=O) groups is 1. The van der Waals surface area contributed by atoms with Crippen molar-refractivity contribution in [3.8, 4) is 0 Å². The lowest BCUT2D eigenvalue weighted by molar-refractivity contribution is -0.137. The normalized spacial score (nSPS) is 16.8. The summed E-state index contributed by atoms with van der Waals surface area (Å²) in [6, 6.07) is 16.6. The number of esters is 1. The van der Waals surface area contributed by atoms with E-state index in [0.717, 1.165) is 5.69 Å². The molecule has 3 aromatic rings. The monoisotopic (exact) mass is 353 g/mol. The summed E-state index contributed by atoms with van der Waals surface area (Å²) in [6.45, 7) is 0.403. The highest BCUT2D eigenvalue weighted by Gasteiger charge is 2.29. The predicted octanol–water partition coefficient (Wildman–Crippen LogP) is 2.68. The van der Waals surface area contributed by atoms with Crippen LogP contribution in [-0.4, -0.2) is 27.5 Å². The van der Waals surface area contributed by atoms with Crippen molar-refractivity contribution in [1.82, 2.24) is 9.66 Å². The Labute approximate surface area is 147 Å². The van der Waals surface area contributed by atoms with Crippen molar-refractivity contribution in [3.05, 3.63) is 65.0 Å². The van der Waals surface area contributed by atoms with Crippen LogP contribution >= 0.6 is 11.8 Å². The third-order valence-electron chi connectivity index (χ3n) is 3.89. The number of aromatic nitrogens is 2. The Bertz CT molecular complexity index is 988. The van der Waals surface area contributed by atoms with E-state index in [1.807, 2.05) is 36.4 Å². The molecule has 0 amide bonds. The number of hydrogen-bond donors (Lipinski definition) is 1. The minimum absolute atomic E-state index is 0.205. The summed E-state index contributed by atoms with van der Waals surface area (Å²) in [6.07, 6.45) is 0.609. The summed E-state index contributed by atoms with van der Waals surface area (Å²) in [5, 5.41) is 0.609. The van der Waals surface area contributed by atoms with E-state index in [9.17, 15) is 9.59 Å². The van der Waals surface area contributed by atoms with Crippen LogP contribution in [0.1, 0.15) is 6.42 Å². The van der Waals surface area contributed by atoms with Gasteiger partial charge < -0.3 is 4.74 Å². The van der Waals surface area contributed by atoms with Crippen LogP contribution in [0.15, 0.2) is 64.5 Å². The van der Waals surface area contributed by atoms with Crippen molar-refractivity contribution >= 4 is 34.3 Å². The average molecular weight is 353 g/mol. The zero-order chi connectivity index (χ0) is 17.2. The molecule has 1 aliphatic heterocycles. The summed E-state index contributed by atoms with van der Waals surface area (Å²) < 4.78 is 6.41. The molecule has 1 aromatic heterocycles. The van der Waals surface area contributed by atoms with Gasteiger partial charge in [0.05, 0.1) is 23.2 Å². The number of hydrogen-bond acceptors (Lipinski definition) is 6. The molecule has 25 heavy (non-hydrogen) atoms. The molecule has 1 N–H and O–H groups in total. The summed E-state index contributed by atoms with van der Waals surface area (Å²) in [7, 11) is 0. The number of cyclic esters (lactones) is 1. The molecule has 0 radical (unpaired) electrons. The fourth-order valence-corrected chi connectivity index (χ4v) is 3.66. The Morgan fingerprint density at radius 2 is 1.84 bits per heavy atom. The van der Waals surface area contributed by atoms with Crippen LogP contribution in [0.4, 0.5) is 5.69 Å². The first-order valence-electron chi connectivity index (χ1n) is 7.89. The third kappa shape index (κ3) is 3.10. The number of nitrogens with zero attached hydrogens (tertiary/aromatic N) is 2. The van der Waals surface area contributed by atoms with Crippen LogP contribution in [0.2, 0.25) is 0 Å². The summed E-state index contributed by atoms with van der Waals surface area (Å²) in [4.78, 5) is 29.3. The SMILES string of the molecule is O=C1OCCC1Sc1nc2ccccc2c(=O)n1Nc1ccccc1. The largest absolute Gasteiger partial charge is 0.465 e. The van der Waals surface area contributed by atoms with E-state index < -0.39 is 0 Å². The molecule has 2 aromatic carbocycles. The Balaban J connectivity index is 1.82. The van der Waals surface area contributed by atoms with Crippen LogP contribution in [0, 0.1) is 0 Å². The van der Waals surface area contributed by atoms with Gasteiger partial charge in [-0.3, -0.25) is 15.0 Å². The Morgan fingerprint density at radius 1 is 1.08 bits per heavy atom. The highest BCUT2D eigenvalue weighted by Crippen LogP contribution is 2.28. The number of ether oxygens (including phenoxy) is 1. The molecule has 0 aliphatic carbocycles. The van der Waals surface area contributed by atoms with Crippen LogP contribution in [0.5, 0.6) is 0 Å². The molecule has 1 fully saturated rings. The second kappa shape index (κ2) is 6.60. The molecule has 2 heterocycles. The van der Waals surface area contributed by atoms with Gasteiger partial charge in [0.25, 0.3) is 5.56 Å². The van der Waals surface area contributed by atoms with Gasteiger partial charge in [0.1, 0.15) is 5.25 Å². The van der Waals surface area contributed by atoms with E-state index in [-0.39, 0.29) is 16.8 Å². The molecule has 7 heteroatoms. The van der Waals surface area contributed by atoms with Gasteiger partial charge in [0, 0.05) is 6.42 Å². The van der Waals surface area contributed by atoms with Crippen molar-refractivity contribution < 1.29 is 9.53 Å². The first kappa shape index (κ1) is 15.7. The van der Waals surface area contributed by atoms with Crippen LogP contribution in [0.25, 0.3) is 10.9 Å². The van der Waals surface area contributed by atoms with Crippen molar-refractivity contribution in [3.63, 3.8) is 0 Å². The van der Waals surface area contributed by atoms with E-state index in [4.69, 9.17) is 4.74 Å². The maximum atomic E-state index is 12.9. The Hall–Kier alpha value is -2.80. The van der Waals surface area contributed by atoms with Gasteiger partial charge in [-0.1, -0.05) is 42.1 Å². The van der Waals surface area contributed by atoms with Gasteiger partial charge in [0.15, 0.2) is 5.16 Å². The Kier molecular flexibility index (Phi) is 4.15. The van der Waals surface area contributed by atoms with E-state index in [1.165, 1.54) is 16.4 Å². The van der Waals surface area contributed by atoms with Crippen LogP contribution in [-0.2, 0) is 9.53 Å². The molecule has 1 saturated heterocycles. The van der Waals surface area contributed by atoms with Gasteiger partial charge in [-0.25, -0.2) is 4.98 Å². The first-order valence-corrected chi connectivity index (χ1v) is 8.77. The molecule has 4 rings (SSSR count). The predicted molar refractivity (Wildman–Crippen MR) is 96.7 cm³/mol. The standard InChI is InChI=1S/C18H15N3O3S/c22-16-13-8-4-5-9-14(13)19-18(25-15-10-11-24-17(15)23)21(16)20-12-6-2-1-3-7-12/h1-9,15,20H,10-11H2. The summed E-state index contributed by atoms with van der Waals surface area (Å²) >= 11 is 1.25. The minimum atomic E-state index is -0.350. The van der Waals surface area contributed by atoms with E-state index in [0.29, 0.717) is 29.1 Å². The van der Waals surface area contributed by atoms with Gasteiger partial charge in [-0.2, -0.15) is 4.68 Å². The second-order valence-corrected chi connectivity index (χ2v) is 6.76. The summed E-state index contributed by atoms with van der Waals surface area (Å²) in [5.41, 5.74) is 4.25. The topological polar surface area (TPSA) is 73.2 Å². The number of thioether (sulfide) groups is 1. The molecule has 126 valence electrons. The van der Waals surface area contributed by atoms with Crippen molar-refractivity contribution in [1.29, 1.82) is 0 Å². The lowest BCUT2D eigenvalue weighted by Crippen LogP contribution is -2.30. The molecule has 0 saturated carbocycles. The van der Waals surface area contributed by atoms with Crippen LogP contribution in [0.3, 0.4) is 0 Å². The lowest BCUT2D eigenvalue weighted by atomic mass is 10.2. The van der Waals surface area contributed by atoms with Gasteiger partial charge in [0.2, 0.25) is 0 Å². The minimum Gasteiger partial charge on any atom is -0.465 e. The van der Waals surface area contributed by atoms with Crippen molar-refractivity contribution in [2.75, 3.05) is 12.0 Å². The van der Waals surface area contributed by atoms with E-state index >= 15 is 0 Å². The van der Waals surface area contributed by atoms with Crippen LogP contribution < -0.4 is 11.0 Å². The number of carbonyl (C=O) groups excluding carboxylic acids is 1. The smallest absolute Gasteiger partial charge is 0.319 e. The maximum absolute atomic E-state index is 12.9. The maximum Gasteiger partial charge on any atom is 0.319 e. The highest BCUT2D eigenvalue weighted by molar-refractivity contribution is 8.00. The zero-order valence-electron chi connectivity index (χ0n) is 13.2. The fraction of sp³-hybridized carbons (Fsp3) is 0.167. The Morgan fingerprint density at radius 3 is 2.60 bits per heavy atom.